The summed E-state index contributed by atoms with van der Waals surface area (Å²) in [5.74, 6) is 0.570. The van der Waals surface area contributed by atoms with E-state index in [0.717, 1.165) is 16.1 Å². The van der Waals surface area contributed by atoms with Crippen LogP contribution in [-0.4, -0.2) is 26.2 Å². The van der Waals surface area contributed by atoms with Crippen LogP contribution in [0.4, 0.5) is 4.79 Å². The van der Waals surface area contributed by atoms with Crippen molar-refractivity contribution in [3.63, 3.8) is 0 Å². The molecule has 0 aliphatic carbocycles. The average Bonchev–Trinajstić information content (AvgIpc) is 3.23. The first-order valence-corrected chi connectivity index (χ1v) is 7.99. The van der Waals surface area contributed by atoms with Crippen LogP contribution in [-0.2, 0) is 13.1 Å². The smallest absolute Gasteiger partial charge is 0.315 e. The largest absolute Gasteiger partial charge is 0.333 e. The molecule has 0 aliphatic heterocycles. The number of benzene rings is 1. The minimum atomic E-state index is -0.253. The molecule has 2 aromatic heterocycles. The molecule has 0 fully saturated rings. The normalized spacial score (nSPS) is 10.5. The van der Waals surface area contributed by atoms with E-state index >= 15 is 0 Å². The van der Waals surface area contributed by atoms with Crippen LogP contribution < -0.4 is 10.6 Å². The number of aromatic nitrogens is 4. The van der Waals surface area contributed by atoms with E-state index in [1.165, 1.54) is 0 Å². The van der Waals surface area contributed by atoms with Gasteiger partial charge >= 0.3 is 6.03 Å². The summed E-state index contributed by atoms with van der Waals surface area (Å²) >= 11 is 1.60. The second kappa shape index (κ2) is 7.01. The number of amides is 2. The van der Waals surface area contributed by atoms with E-state index in [1.54, 1.807) is 16.0 Å². The van der Waals surface area contributed by atoms with Crippen LogP contribution in [0.3, 0.4) is 0 Å². The van der Waals surface area contributed by atoms with Crippen molar-refractivity contribution < 1.29 is 4.79 Å². The molecule has 0 radical (unpaired) electrons. The molecule has 7 nitrogen and oxygen atoms in total. The van der Waals surface area contributed by atoms with Crippen molar-refractivity contribution in [2.45, 2.75) is 20.0 Å². The second-order valence-corrected chi connectivity index (χ2v) is 5.99. The molecule has 0 atom stereocenters. The minimum Gasteiger partial charge on any atom is -0.333 e. The fourth-order valence-electron chi connectivity index (χ4n) is 2.00. The maximum atomic E-state index is 11.8. The molecular weight excluding hydrogens is 312 g/mol. The number of rotatable bonds is 5. The number of carbonyl (C=O) groups excluding carboxylic acids is 1. The number of nitrogens with zero attached hydrogens (tertiary/aromatic N) is 4. The molecule has 3 aromatic rings. The number of hydrogen-bond acceptors (Lipinski definition) is 5. The van der Waals surface area contributed by atoms with E-state index in [0.29, 0.717) is 12.4 Å². The Labute approximate surface area is 137 Å². The SMILES string of the molecule is Cc1ccc(-n2nnnc2CNC(=O)NCc2cccs2)cc1. The molecule has 0 bridgehead atoms. The summed E-state index contributed by atoms with van der Waals surface area (Å²) in [6.45, 7) is 2.77. The first-order valence-electron chi connectivity index (χ1n) is 7.11. The highest BCUT2D eigenvalue weighted by molar-refractivity contribution is 7.09. The van der Waals surface area contributed by atoms with Crippen LogP contribution in [0.2, 0.25) is 0 Å². The molecule has 2 heterocycles. The van der Waals surface area contributed by atoms with Crippen LogP contribution in [0.15, 0.2) is 41.8 Å². The van der Waals surface area contributed by atoms with Gasteiger partial charge in [0.2, 0.25) is 0 Å². The average molecular weight is 328 g/mol. The van der Waals surface area contributed by atoms with Crippen molar-refractivity contribution >= 4 is 17.4 Å². The van der Waals surface area contributed by atoms with E-state index in [2.05, 4.69) is 26.2 Å². The molecule has 118 valence electrons. The highest BCUT2D eigenvalue weighted by Gasteiger charge is 2.09. The lowest BCUT2D eigenvalue weighted by molar-refractivity contribution is 0.240. The van der Waals surface area contributed by atoms with Crippen molar-refractivity contribution in [2.75, 3.05) is 0 Å². The van der Waals surface area contributed by atoms with E-state index in [4.69, 9.17) is 0 Å². The van der Waals surface area contributed by atoms with E-state index in [9.17, 15) is 4.79 Å². The Kier molecular flexibility index (Phi) is 4.62. The fourth-order valence-corrected chi connectivity index (χ4v) is 2.65. The van der Waals surface area contributed by atoms with Gasteiger partial charge in [0.25, 0.3) is 0 Å². The first kappa shape index (κ1) is 15.2. The van der Waals surface area contributed by atoms with Crippen LogP contribution >= 0.6 is 11.3 Å². The summed E-state index contributed by atoms with van der Waals surface area (Å²) in [6.07, 6.45) is 0. The fraction of sp³-hybridized carbons (Fsp3) is 0.200. The summed E-state index contributed by atoms with van der Waals surface area (Å²) < 4.78 is 1.61. The zero-order chi connectivity index (χ0) is 16.1. The standard InChI is InChI=1S/C15H16N6OS/c1-11-4-6-12(7-5-11)21-14(18-19-20-21)10-17-15(22)16-9-13-3-2-8-23-13/h2-8H,9-10H2,1H3,(H2,16,17,22). The zero-order valence-corrected chi connectivity index (χ0v) is 13.4. The number of aryl methyl sites for hydroxylation is 1. The summed E-state index contributed by atoms with van der Waals surface area (Å²) in [5.41, 5.74) is 2.02. The molecule has 0 saturated heterocycles. The third-order valence-electron chi connectivity index (χ3n) is 3.22. The maximum absolute atomic E-state index is 11.8. The zero-order valence-electron chi connectivity index (χ0n) is 12.6. The lowest BCUT2D eigenvalue weighted by Crippen LogP contribution is -2.35. The third kappa shape index (κ3) is 3.92. The Morgan fingerprint density at radius 1 is 1.17 bits per heavy atom. The summed E-state index contributed by atoms with van der Waals surface area (Å²) in [4.78, 5) is 12.9. The van der Waals surface area contributed by atoms with Gasteiger partial charge in [-0.05, 0) is 40.9 Å². The highest BCUT2D eigenvalue weighted by atomic mass is 32.1. The Morgan fingerprint density at radius 2 is 1.96 bits per heavy atom. The molecule has 0 aliphatic rings. The van der Waals surface area contributed by atoms with E-state index < -0.39 is 0 Å². The summed E-state index contributed by atoms with van der Waals surface area (Å²) in [5, 5.41) is 19.1. The van der Waals surface area contributed by atoms with Crippen LogP contribution in [0.1, 0.15) is 16.3 Å². The number of carbonyl (C=O) groups is 1. The van der Waals surface area contributed by atoms with Crippen molar-refractivity contribution in [1.29, 1.82) is 0 Å². The molecular formula is C15H16N6OS. The Morgan fingerprint density at radius 3 is 2.70 bits per heavy atom. The highest BCUT2D eigenvalue weighted by Crippen LogP contribution is 2.09. The number of thiophene rings is 1. The molecule has 8 heteroatoms. The van der Waals surface area contributed by atoms with E-state index in [-0.39, 0.29) is 12.6 Å². The van der Waals surface area contributed by atoms with Crippen molar-refractivity contribution in [3.05, 3.63) is 58.0 Å². The van der Waals surface area contributed by atoms with Gasteiger partial charge in [-0.1, -0.05) is 23.8 Å². The molecule has 0 unspecified atom stereocenters. The number of tetrazole rings is 1. The molecule has 2 amide bonds. The van der Waals surface area contributed by atoms with Gasteiger partial charge in [-0.15, -0.1) is 16.4 Å². The quantitative estimate of drug-likeness (QED) is 0.750. The van der Waals surface area contributed by atoms with Crippen molar-refractivity contribution in [2.24, 2.45) is 0 Å². The van der Waals surface area contributed by atoms with E-state index in [1.807, 2.05) is 48.7 Å². The second-order valence-electron chi connectivity index (χ2n) is 4.96. The molecule has 1 aromatic carbocycles. The van der Waals surface area contributed by atoms with Gasteiger partial charge in [0.1, 0.15) is 0 Å². The minimum absolute atomic E-state index is 0.247. The topological polar surface area (TPSA) is 84.7 Å². The molecule has 2 N–H and O–H groups in total. The van der Waals surface area contributed by atoms with Gasteiger partial charge in [-0.3, -0.25) is 0 Å². The van der Waals surface area contributed by atoms with Gasteiger partial charge in [0.05, 0.1) is 18.8 Å². The maximum Gasteiger partial charge on any atom is 0.315 e. The van der Waals surface area contributed by atoms with Crippen LogP contribution in [0.5, 0.6) is 0 Å². The Hall–Kier alpha value is -2.74. The van der Waals surface area contributed by atoms with Crippen LogP contribution in [0, 0.1) is 6.92 Å². The lowest BCUT2D eigenvalue weighted by atomic mass is 10.2. The van der Waals surface area contributed by atoms with Gasteiger partial charge in [0.15, 0.2) is 5.82 Å². The third-order valence-corrected chi connectivity index (χ3v) is 4.10. The number of hydrogen-bond donors (Lipinski definition) is 2. The lowest BCUT2D eigenvalue weighted by Gasteiger charge is -2.07. The van der Waals surface area contributed by atoms with Crippen LogP contribution in [0.25, 0.3) is 5.69 Å². The van der Waals surface area contributed by atoms with Crippen molar-refractivity contribution in [1.82, 2.24) is 30.8 Å². The number of nitrogens with one attached hydrogen (secondary N) is 2. The van der Waals surface area contributed by atoms with Gasteiger partial charge in [-0.2, -0.15) is 4.68 Å². The Bertz CT molecular complexity index is 766. The molecule has 0 spiro atoms. The molecule has 3 rings (SSSR count). The molecule has 23 heavy (non-hydrogen) atoms. The van der Waals surface area contributed by atoms with Crippen molar-refractivity contribution in [3.8, 4) is 5.69 Å². The predicted octanol–water partition coefficient (Wildman–Crippen LogP) is 2.03. The summed E-state index contributed by atoms with van der Waals surface area (Å²) in [6, 6.07) is 11.5. The predicted molar refractivity (Wildman–Crippen MR) is 87.3 cm³/mol. The van der Waals surface area contributed by atoms with Gasteiger partial charge in [0, 0.05) is 4.88 Å². The van der Waals surface area contributed by atoms with Gasteiger partial charge in [-0.25, -0.2) is 4.79 Å². The van der Waals surface area contributed by atoms with Gasteiger partial charge < -0.3 is 10.6 Å². The number of urea groups is 1. The monoisotopic (exact) mass is 328 g/mol. The summed E-state index contributed by atoms with van der Waals surface area (Å²) in [7, 11) is 0. The Balaban J connectivity index is 1.57. The first-order chi connectivity index (χ1) is 11.2. The molecule has 0 saturated carbocycles.